The normalized spacial score (nSPS) is 23.5. The van der Waals surface area contributed by atoms with E-state index in [1.807, 2.05) is 6.07 Å². The van der Waals surface area contributed by atoms with E-state index in [1.165, 1.54) is 11.3 Å². The summed E-state index contributed by atoms with van der Waals surface area (Å²) in [6.07, 6.45) is 3.82. The number of hydrogen-bond acceptors (Lipinski definition) is 8. The standard InChI is InChI=1S/C28H38N8O/c1-20-14-22(33-10-8-31(3)9-11-33)16-30-27(20)34-12-13-36-21(2)17-35(19-23(36)18-34)25-15-26(37)32(4)28-24(25)6-5-7-29-28/h5-7,14-16,21,23H,8-13,17-19H2,1-4H3/t21-,23-/m0/s1. The summed E-state index contributed by atoms with van der Waals surface area (Å²) in [5.41, 5.74) is 4.21. The fourth-order valence-corrected chi connectivity index (χ4v) is 6.40. The number of piperazine rings is 3. The van der Waals surface area contributed by atoms with Gasteiger partial charge in [0.2, 0.25) is 0 Å². The van der Waals surface area contributed by atoms with Crippen molar-refractivity contribution in [1.82, 2.24) is 24.3 Å². The van der Waals surface area contributed by atoms with E-state index < -0.39 is 0 Å². The summed E-state index contributed by atoms with van der Waals surface area (Å²) in [7, 11) is 3.99. The van der Waals surface area contributed by atoms with Gasteiger partial charge < -0.3 is 19.6 Å². The average Bonchev–Trinajstić information content (AvgIpc) is 2.91. The molecule has 3 saturated heterocycles. The first kappa shape index (κ1) is 24.2. The molecule has 37 heavy (non-hydrogen) atoms. The molecule has 196 valence electrons. The lowest BCUT2D eigenvalue weighted by Crippen LogP contribution is -2.65. The van der Waals surface area contributed by atoms with Crippen molar-refractivity contribution in [2.24, 2.45) is 7.05 Å². The van der Waals surface area contributed by atoms with Crippen LogP contribution in [0.4, 0.5) is 17.2 Å². The van der Waals surface area contributed by atoms with Crippen LogP contribution in [0.25, 0.3) is 11.0 Å². The Bertz CT molecular complexity index is 1350. The smallest absolute Gasteiger partial charge is 0.253 e. The van der Waals surface area contributed by atoms with Crippen LogP contribution in [0.5, 0.6) is 0 Å². The zero-order valence-corrected chi connectivity index (χ0v) is 22.5. The second-order valence-electron chi connectivity index (χ2n) is 11.0. The minimum absolute atomic E-state index is 0.0122. The van der Waals surface area contributed by atoms with Gasteiger partial charge in [-0.2, -0.15) is 0 Å². The Balaban J connectivity index is 1.23. The Morgan fingerprint density at radius 1 is 0.892 bits per heavy atom. The van der Waals surface area contributed by atoms with E-state index in [9.17, 15) is 4.79 Å². The van der Waals surface area contributed by atoms with Crippen LogP contribution in [0, 0.1) is 6.92 Å². The highest BCUT2D eigenvalue weighted by Crippen LogP contribution is 2.31. The van der Waals surface area contributed by atoms with Gasteiger partial charge in [-0.15, -0.1) is 0 Å². The van der Waals surface area contributed by atoms with Crippen LogP contribution in [0.1, 0.15) is 12.5 Å². The highest BCUT2D eigenvalue weighted by molar-refractivity contribution is 5.89. The molecule has 3 aliphatic rings. The van der Waals surface area contributed by atoms with Crippen LogP contribution < -0.4 is 20.3 Å². The van der Waals surface area contributed by atoms with Crippen LogP contribution in [0.2, 0.25) is 0 Å². The molecule has 3 aromatic rings. The zero-order chi connectivity index (χ0) is 25.7. The van der Waals surface area contributed by atoms with E-state index in [4.69, 9.17) is 4.98 Å². The SMILES string of the molecule is Cc1cc(N2CCN(C)CC2)cnc1N1CCN2[C@@H](C1)CN(c1cc(=O)n(C)c3ncccc13)C[C@@H]2C. The first-order chi connectivity index (χ1) is 17.9. The number of hydrogen-bond donors (Lipinski definition) is 0. The molecule has 6 rings (SSSR count). The van der Waals surface area contributed by atoms with E-state index in [0.717, 1.165) is 81.4 Å². The van der Waals surface area contributed by atoms with Crippen LogP contribution in [0.15, 0.2) is 41.5 Å². The van der Waals surface area contributed by atoms with Crippen LogP contribution in [-0.4, -0.2) is 102 Å². The zero-order valence-electron chi connectivity index (χ0n) is 22.5. The summed E-state index contributed by atoms with van der Waals surface area (Å²) < 4.78 is 1.64. The monoisotopic (exact) mass is 502 g/mol. The van der Waals surface area contributed by atoms with Crippen molar-refractivity contribution in [2.45, 2.75) is 25.9 Å². The molecule has 0 aromatic carbocycles. The summed E-state index contributed by atoms with van der Waals surface area (Å²) in [5.74, 6) is 1.10. The van der Waals surface area contributed by atoms with E-state index in [-0.39, 0.29) is 5.56 Å². The number of aromatic nitrogens is 3. The Morgan fingerprint density at radius 2 is 1.65 bits per heavy atom. The van der Waals surface area contributed by atoms with Crippen LogP contribution in [-0.2, 0) is 7.05 Å². The third-order valence-electron chi connectivity index (χ3n) is 8.53. The molecule has 9 nitrogen and oxygen atoms in total. The summed E-state index contributed by atoms with van der Waals surface area (Å²) in [6.45, 7) is 13.5. The first-order valence-electron chi connectivity index (χ1n) is 13.5. The summed E-state index contributed by atoms with van der Waals surface area (Å²) in [6, 6.07) is 8.91. The molecular weight excluding hydrogens is 464 g/mol. The van der Waals surface area contributed by atoms with Gasteiger partial charge in [0.05, 0.1) is 17.6 Å². The molecule has 0 radical (unpaired) electrons. The lowest BCUT2D eigenvalue weighted by atomic mass is 10.0. The largest absolute Gasteiger partial charge is 0.368 e. The van der Waals surface area contributed by atoms with Crippen molar-refractivity contribution in [3.8, 4) is 0 Å². The highest BCUT2D eigenvalue weighted by Gasteiger charge is 2.37. The highest BCUT2D eigenvalue weighted by atomic mass is 16.1. The molecule has 9 heteroatoms. The van der Waals surface area contributed by atoms with Gasteiger partial charge in [-0.25, -0.2) is 9.97 Å². The van der Waals surface area contributed by atoms with Gasteiger partial charge in [0.15, 0.2) is 0 Å². The molecular formula is C28H38N8O. The molecule has 6 heterocycles. The quantitative estimate of drug-likeness (QED) is 0.537. The number of fused-ring (bicyclic) bond motifs is 2. The molecule has 3 aliphatic heterocycles. The van der Waals surface area contributed by atoms with Gasteiger partial charge in [0, 0.05) is 95.7 Å². The van der Waals surface area contributed by atoms with Crippen molar-refractivity contribution < 1.29 is 0 Å². The number of pyridine rings is 3. The summed E-state index contributed by atoms with van der Waals surface area (Å²) in [5, 5.41) is 1.04. The second kappa shape index (κ2) is 9.61. The molecule has 0 amide bonds. The maximum absolute atomic E-state index is 12.8. The van der Waals surface area contributed by atoms with Crippen molar-refractivity contribution in [3.63, 3.8) is 0 Å². The Hall–Kier alpha value is -3.17. The lowest BCUT2D eigenvalue weighted by molar-refractivity contribution is 0.108. The minimum atomic E-state index is -0.0122. The molecule has 0 unspecified atom stereocenters. The molecule has 3 fully saturated rings. The van der Waals surface area contributed by atoms with E-state index >= 15 is 0 Å². The molecule has 3 aromatic heterocycles. The first-order valence-corrected chi connectivity index (χ1v) is 13.5. The van der Waals surface area contributed by atoms with E-state index in [1.54, 1.807) is 23.9 Å². The van der Waals surface area contributed by atoms with E-state index in [2.05, 4.69) is 68.7 Å². The second-order valence-corrected chi connectivity index (χ2v) is 11.0. The number of aryl methyl sites for hydroxylation is 2. The van der Waals surface area contributed by atoms with Gasteiger partial charge in [-0.05, 0) is 44.7 Å². The van der Waals surface area contributed by atoms with Crippen molar-refractivity contribution >= 4 is 28.2 Å². The maximum atomic E-state index is 12.8. The number of likely N-dealkylation sites (N-methyl/N-ethyl adjacent to an activating group) is 1. The molecule has 0 N–H and O–H groups in total. The molecule has 0 aliphatic carbocycles. The van der Waals surface area contributed by atoms with Crippen LogP contribution >= 0.6 is 0 Å². The Kier molecular flexibility index (Phi) is 6.28. The molecule has 0 saturated carbocycles. The third-order valence-corrected chi connectivity index (χ3v) is 8.53. The number of rotatable bonds is 3. The minimum Gasteiger partial charge on any atom is -0.368 e. The van der Waals surface area contributed by atoms with Gasteiger partial charge >= 0.3 is 0 Å². The Morgan fingerprint density at radius 3 is 2.43 bits per heavy atom. The van der Waals surface area contributed by atoms with Gasteiger partial charge in [0.25, 0.3) is 5.56 Å². The topological polar surface area (TPSA) is 64.0 Å². The van der Waals surface area contributed by atoms with Gasteiger partial charge in [-0.3, -0.25) is 14.3 Å². The summed E-state index contributed by atoms with van der Waals surface area (Å²) in [4.78, 5) is 34.6. The Labute approximate surface area is 218 Å². The third kappa shape index (κ3) is 4.44. The van der Waals surface area contributed by atoms with Crippen molar-refractivity contribution in [2.75, 3.05) is 80.7 Å². The fraction of sp³-hybridized carbons (Fsp3) is 0.536. The molecule has 2 atom stereocenters. The predicted octanol–water partition coefficient (Wildman–Crippen LogP) is 1.79. The average molecular weight is 503 g/mol. The molecule has 0 spiro atoms. The van der Waals surface area contributed by atoms with Crippen molar-refractivity contribution in [3.05, 3.63) is 52.6 Å². The maximum Gasteiger partial charge on any atom is 0.253 e. The predicted molar refractivity (Wildman–Crippen MR) is 150 cm³/mol. The van der Waals surface area contributed by atoms with Gasteiger partial charge in [0.1, 0.15) is 11.5 Å². The van der Waals surface area contributed by atoms with Crippen LogP contribution in [0.3, 0.4) is 0 Å². The lowest BCUT2D eigenvalue weighted by Gasteiger charge is -2.51. The number of nitrogens with zero attached hydrogens (tertiary/aromatic N) is 8. The fourth-order valence-electron chi connectivity index (χ4n) is 6.40. The van der Waals surface area contributed by atoms with Gasteiger partial charge in [-0.1, -0.05) is 0 Å². The number of anilines is 3. The van der Waals surface area contributed by atoms with E-state index in [0.29, 0.717) is 12.1 Å². The summed E-state index contributed by atoms with van der Waals surface area (Å²) >= 11 is 0. The van der Waals surface area contributed by atoms with Crippen molar-refractivity contribution in [1.29, 1.82) is 0 Å². The molecule has 0 bridgehead atoms.